The van der Waals surface area contributed by atoms with Gasteiger partial charge < -0.3 is 25.8 Å². The Morgan fingerprint density at radius 1 is 1.20 bits per heavy atom. The minimum atomic E-state index is -1.25. The molecule has 0 bridgehead atoms. The van der Waals surface area contributed by atoms with E-state index < -0.39 is 29.9 Å². The largest absolute Gasteiger partial charge is 0.491 e. The van der Waals surface area contributed by atoms with Crippen molar-refractivity contribution in [2.45, 2.75) is 58.2 Å². The minimum absolute atomic E-state index is 0.0968. The third-order valence-corrected chi connectivity index (χ3v) is 5.08. The van der Waals surface area contributed by atoms with Crippen molar-refractivity contribution in [1.82, 2.24) is 16.0 Å². The summed E-state index contributed by atoms with van der Waals surface area (Å²) in [4.78, 5) is 49.4. The van der Waals surface area contributed by atoms with Crippen LogP contribution in [0.1, 0.15) is 50.4 Å². The molecule has 0 radical (unpaired) electrons. The fourth-order valence-corrected chi connectivity index (χ4v) is 3.09. The molecule has 9 heteroatoms. The van der Waals surface area contributed by atoms with E-state index in [0.717, 1.165) is 0 Å². The van der Waals surface area contributed by atoms with Crippen molar-refractivity contribution in [2.24, 2.45) is 5.92 Å². The van der Waals surface area contributed by atoms with Gasteiger partial charge in [-0.25, -0.2) is 4.79 Å². The molecule has 2 rings (SSSR count). The van der Waals surface area contributed by atoms with Crippen LogP contribution in [0.15, 0.2) is 24.3 Å². The van der Waals surface area contributed by atoms with Crippen molar-refractivity contribution in [1.29, 1.82) is 0 Å². The van der Waals surface area contributed by atoms with E-state index in [2.05, 4.69) is 16.0 Å². The van der Waals surface area contributed by atoms with Gasteiger partial charge in [-0.2, -0.15) is 0 Å². The van der Waals surface area contributed by atoms with Crippen LogP contribution in [0.25, 0.3) is 0 Å². The van der Waals surface area contributed by atoms with Gasteiger partial charge >= 0.3 is 5.97 Å². The molecule has 0 unspecified atom stereocenters. The second kappa shape index (κ2) is 10.6. The Morgan fingerprint density at radius 3 is 2.57 bits per heavy atom. The number of carboxylic acids is 1. The number of hydrogen-bond acceptors (Lipinski definition) is 5. The number of rotatable bonds is 3. The first-order valence-corrected chi connectivity index (χ1v) is 10.1. The quantitative estimate of drug-likeness (QED) is 0.579. The maximum atomic E-state index is 12.7. The summed E-state index contributed by atoms with van der Waals surface area (Å²) in [6.45, 7) is 5.63. The van der Waals surface area contributed by atoms with E-state index in [1.54, 1.807) is 25.1 Å². The Kier molecular flexibility index (Phi) is 8.20. The molecular formula is C21H29N3O6. The summed E-state index contributed by atoms with van der Waals surface area (Å²) in [6.07, 6.45) is 0.413. The molecule has 0 aromatic heterocycles. The smallest absolute Gasteiger partial charge is 0.326 e. The Morgan fingerprint density at radius 2 is 1.90 bits per heavy atom. The van der Waals surface area contributed by atoms with E-state index >= 15 is 0 Å². The maximum Gasteiger partial charge on any atom is 0.326 e. The van der Waals surface area contributed by atoms with Crippen LogP contribution in [-0.4, -0.2) is 53.5 Å². The normalized spacial score (nSPS) is 24.6. The first-order chi connectivity index (χ1) is 14.2. The summed E-state index contributed by atoms with van der Waals surface area (Å²) in [5.74, 6) is -2.47. The molecule has 0 spiro atoms. The van der Waals surface area contributed by atoms with Crippen molar-refractivity contribution in [3.05, 3.63) is 29.8 Å². The van der Waals surface area contributed by atoms with Gasteiger partial charge in [0, 0.05) is 6.42 Å². The predicted octanol–water partition coefficient (Wildman–Crippen LogP) is 1.08. The van der Waals surface area contributed by atoms with Gasteiger partial charge in [0.2, 0.25) is 11.8 Å². The molecule has 9 nitrogen and oxygen atoms in total. The summed E-state index contributed by atoms with van der Waals surface area (Å²) in [6, 6.07) is 4.08. The number of carbonyl (C=O) groups is 4. The van der Waals surface area contributed by atoms with Gasteiger partial charge in [0.25, 0.3) is 5.91 Å². The van der Waals surface area contributed by atoms with Crippen LogP contribution in [0, 0.1) is 5.92 Å². The van der Waals surface area contributed by atoms with E-state index in [-0.39, 0.29) is 48.6 Å². The molecule has 1 aromatic carbocycles. The number of benzene rings is 1. The number of hydrogen-bond donors (Lipinski definition) is 4. The number of nitrogens with one attached hydrogen (secondary N) is 3. The number of fused-ring (bicyclic) bond motifs is 1. The number of carbonyl (C=O) groups excluding carboxylic acids is 3. The van der Waals surface area contributed by atoms with Crippen LogP contribution < -0.4 is 20.7 Å². The van der Waals surface area contributed by atoms with E-state index in [4.69, 9.17) is 4.74 Å². The summed E-state index contributed by atoms with van der Waals surface area (Å²) < 4.78 is 5.72. The van der Waals surface area contributed by atoms with Crippen molar-refractivity contribution in [3.63, 3.8) is 0 Å². The van der Waals surface area contributed by atoms with Crippen LogP contribution in [0.3, 0.4) is 0 Å². The number of ether oxygens (including phenoxy) is 1. The molecule has 0 saturated heterocycles. The van der Waals surface area contributed by atoms with Crippen LogP contribution in [0.2, 0.25) is 0 Å². The first-order valence-electron chi connectivity index (χ1n) is 10.1. The van der Waals surface area contributed by atoms with Crippen molar-refractivity contribution >= 4 is 23.7 Å². The third-order valence-electron chi connectivity index (χ3n) is 5.08. The molecular weight excluding hydrogens is 390 g/mol. The molecule has 1 heterocycles. The van der Waals surface area contributed by atoms with Crippen molar-refractivity contribution < 1.29 is 29.0 Å². The molecule has 4 atom stereocenters. The fraction of sp³-hybridized carbons (Fsp3) is 0.524. The molecule has 0 aliphatic carbocycles. The lowest BCUT2D eigenvalue weighted by atomic mass is 9.97. The first kappa shape index (κ1) is 23.2. The molecule has 1 aliphatic rings. The lowest BCUT2D eigenvalue weighted by Crippen LogP contribution is -2.53. The zero-order chi connectivity index (χ0) is 22.3. The summed E-state index contributed by atoms with van der Waals surface area (Å²) >= 11 is 0. The maximum absolute atomic E-state index is 12.7. The summed E-state index contributed by atoms with van der Waals surface area (Å²) in [5, 5.41) is 17.4. The Labute approximate surface area is 175 Å². The van der Waals surface area contributed by atoms with E-state index in [1.165, 1.54) is 6.07 Å². The Hall–Kier alpha value is -3.10. The van der Waals surface area contributed by atoms with E-state index in [1.807, 2.05) is 13.8 Å². The lowest BCUT2D eigenvalue weighted by Gasteiger charge is -2.25. The lowest BCUT2D eigenvalue weighted by molar-refractivity contribution is -0.139. The molecule has 30 heavy (non-hydrogen) atoms. The van der Waals surface area contributed by atoms with Gasteiger partial charge in [0.1, 0.15) is 24.4 Å². The van der Waals surface area contributed by atoms with Gasteiger partial charge in [0.05, 0.1) is 11.6 Å². The van der Waals surface area contributed by atoms with Gasteiger partial charge in [0.15, 0.2) is 0 Å². The zero-order valence-corrected chi connectivity index (χ0v) is 17.4. The molecule has 1 aromatic rings. The highest BCUT2D eigenvalue weighted by atomic mass is 16.5. The highest BCUT2D eigenvalue weighted by Crippen LogP contribution is 2.19. The van der Waals surface area contributed by atoms with Gasteiger partial charge in [-0.1, -0.05) is 32.4 Å². The van der Waals surface area contributed by atoms with Gasteiger partial charge in [-0.15, -0.1) is 0 Å². The van der Waals surface area contributed by atoms with Gasteiger partial charge in [-0.05, 0) is 31.4 Å². The molecule has 164 valence electrons. The highest BCUT2D eigenvalue weighted by molar-refractivity contribution is 5.99. The zero-order valence-electron chi connectivity index (χ0n) is 17.4. The van der Waals surface area contributed by atoms with Gasteiger partial charge in [-0.3, -0.25) is 14.4 Å². The second-order valence-corrected chi connectivity index (χ2v) is 7.55. The van der Waals surface area contributed by atoms with Crippen molar-refractivity contribution in [3.8, 4) is 5.75 Å². The fourth-order valence-electron chi connectivity index (χ4n) is 3.09. The Balaban J connectivity index is 2.33. The molecule has 0 saturated carbocycles. The number of aliphatic carboxylic acids is 1. The minimum Gasteiger partial charge on any atom is -0.491 e. The topological polar surface area (TPSA) is 134 Å². The van der Waals surface area contributed by atoms with Crippen LogP contribution >= 0.6 is 0 Å². The Bertz CT molecular complexity index is 797. The van der Waals surface area contributed by atoms with E-state index in [0.29, 0.717) is 6.42 Å². The summed E-state index contributed by atoms with van der Waals surface area (Å²) in [7, 11) is 0. The number of para-hydroxylation sites is 1. The predicted molar refractivity (Wildman–Crippen MR) is 109 cm³/mol. The average Bonchev–Trinajstić information content (AvgIpc) is 2.72. The van der Waals surface area contributed by atoms with Crippen LogP contribution in [0.4, 0.5) is 0 Å². The molecule has 4 N–H and O–H groups in total. The van der Waals surface area contributed by atoms with Crippen molar-refractivity contribution in [2.75, 3.05) is 6.61 Å². The average molecular weight is 419 g/mol. The highest BCUT2D eigenvalue weighted by Gasteiger charge is 2.29. The van der Waals surface area contributed by atoms with Crippen LogP contribution in [-0.2, 0) is 14.4 Å². The second-order valence-electron chi connectivity index (χ2n) is 7.55. The van der Waals surface area contributed by atoms with Crippen LogP contribution in [0.5, 0.6) is 5.75 Å². The summed E-state index contributed by atoms with van der Waals surface area (Å²) in [5.41, 5.74) is 0.180. The molecule has 0 fully saturated rings. The third kappa shape index (κ3) is 6.20. The SMILES string of the molecule is CC[C@@H](C)[C@@H]1NC(=O)CC[C@@H](C(=O)O)NC(=O)c2ccccc2OC[C@H](C)NC1=O. The van der Waals surface area contributed by atoms with E-state index in [9.17, 15) is 24.3 Å². The molecule has 1 aliphatic heterocycles. The monoisotopic (exact) mass is 419 g/mol. The number of amides is 3. The number of carboxylic acid groups (broad SMARTS) is 1. The standard InChI is InChI=1S/C21H29N3O6/c1-4-12(2)18-20(27)22-13(3)11-30-16-8-6-5-7-14(16)19(26)23-15(21(28)29)9-10-17(25)24-18/h5-8,12-13,15,18H,4,9-11H2,1-3H3,(H,22,27)(H,23,26)(H,24,25)(H,28,29)/t12-,13+,15+,18+/m1/s1. The molecule has 3 amide bonds.